The van der Waals surface area contributed by atoms with Crippen molar-refractivity contribution in [2.75, 3.05) is 18.3 Å². The fraction of sp³-hybridized carbons (Fsp3) is 0.455. The predicted octanol–water partition coefficient (Wildman–Crippen LogP) is 2.72. The van der Waals surface area contributed by atoms with Gasteiger partial charge in [0.2, 0.25) is 5.91 Å². The molecule has 0 aliphatic heterocycles. The lowest BCUT2D eigenvalue weighted by atomic mass is 10.1. The SMILES string of the molecule is COC(=O)c1c(NC(=O)CCCl)sc(C)c1C. The third-order valence-corrected chi connectivity index (χ3v) is 3.66. The number of anilines is 1. The molecule has 0 bridgehead atoms. The van der Waals surface area contributed by atoms with E-state index in [0.717, 1.165) is 10.4 Å². The number of carbonyl (C=O) groups is 2. The Bertz CT molecular complexity index is 442. The van der Waals surface area contributed by atoms with Crippen molar-refractivity contribution < 1.29 is 14.3 Å². The summed E-state index contributed by atoms with van der Waals surface area (Å²) in [4.78, 5) is 24.0. The van der Waals surface area contributed by atoms with Gasteiger partial charge in [-0.2, -0.15) is 0 Å². The molecule has 6 heteroatoms. The van der Waals surface area contributed by atoms with Crippen LogP contribution in [0, 0.1) is 13.8 Å². The molecule has 1 heterocycles. The number of amides is 1. The fourth-order valence-corrected chi connectivity index (χ4v) is 2.57. The van der Waals surface area contributed by atoms with Crippen LogP contribution in [0.4, 0.5) is 5.00 Å². The molecule has 0 fully saturated rings. The van der Waals surface area contributed by atoms with Crippen molar-refractivity contribution in [3.05, 3.63) is 16.0 Å². The third kappa shape index (κ3) is 3.20. The van der Waals surface area contributed by atoms with Crippen LogP contribution in [0.25, 0.3) is 0 Å². The van der Waals surface area contributed by atoms with E-state index in [1.54, 1.807) is 0 Å². The normalized spacial score (nSPS) is 10.1. The maximum Gasteiger partial charge on any atom is 0.341 e. The lowest BCUT2D eigenvalue weighted by Crippen LogP contribution is -2.14. The highest BCUT2D eigenvalue weighted by molar-refractivity contribution is 7.16. The highest BCUT2D eigenvalue weighted by atomic mass is 35.5. The zero-order valence-electron chi connectivity index (χ0n) is 9.93. The van der Waals surface area contributed by atoms with Gasteiger partial charge in [-0.25, -0.2) is 4.79 Å². The molecule has 1 aromatic heterocycles. The molecular weight excluding hydrogens is 262 g/mol. The van der Waals surface area contributed by atoms with E-state index in [-0.39, 0.29) is 18.2 Å². The topological polar surface area (TPSA) is 55.4 Å². The van der Waals surface area contributed by atoms with E-state index < -0.39 is 5.97 Å². The molecule has 0 saturated heterocycles. The van der Waals surface area contributed by atoms with Gasteiger partial charge in [0.15, 0.2) is 0 Å². The minimum Gasteiger partial charge on any atom is -0.465 e. The predicted molar refractivity (Wildman–Crippen MR) is 69.1 cm³/mol. The summed E-state index contributed by atoms with van der Waals surface area (Å²) in [5.74, 6) is -0.387. The van der Waals surface area contributed by atoms with Crippen LogP contribution in [-0.2, 0) is 9.53 Å². The first-order chi connectivity index (χ1) is 8.01. The molecule has 17 heavy (non-hydrogen) atoms. The summed E-state index contributed by atoms with van der Waals surface area (Å²) < 4.78 is 4.70. The number of rotatable bonds is 4. The molecule has 0 atom stereocenters. The van der Waals surface area contributed by atoms with Gasteiger partial charge in [-0.3, -0.25) is 4.79 Å². The van der Waals surface area contributed by atoms with Crippen molar-refractivity contribution in [2.45, 2.75) is 20.3 Å². The molecule has 1 rings (SSSR count). The minimum absolute atomic E-state index is 0.202. The van der Waals surface area contributed by atoms with Crippen molar-refractivity contribution in [3.8, 4) is 0 Å². The second-order valence-electron chi connectivity index (χ2n) is 3.47. The largest absolute Gasteiger partial charge is 0.465 e. The molecule has 1 amide bonds. The monoisotopic (exact) mass is 275 g/mol. The zero-order valence-corrected chi connectivity index (χ0v) is 11.5. The van der Waals surface area contributed by atoms with E-state index >= 15 is 0 Å². The van der Waals surface area contributed by atoms with Crippen molar-refractivity contribution in [1.29, 1.82) is 0 Å². The van der Waals surface area contributed by atoms with E-state index in [1.165, 1.54) is 18.4 Å². The number of nitrogens with one attached hydrogen (secondary N) is 1. The first kappa shape index (κ1) is 14.0. The minimum atomic E-state index is -0.437. The molecule has 0 aliphatic carbocycles. The first-order valence-electron chi connectivity index (χ1n) is 5.05. The number of methoxy groups -OCH3 is 1. The number of halogens is 1. The molecule has 0 aromatic carbocycles. The molecule has 0 spiro atoms. The molecule has 0 radical (unpaired) electrons. The average molecular weight is 276 g/mol. The lowest BCUT2D eigenvalue weighted by Gasteiger charge is -2.04. The van der Waals surface area contributed by atoms with Gasteiger partial charge in [0, 0.05) is 17.2 Å². The number of thiophene rings is 1. The Hall–Kier alpha value is -1.07. The van der Waals surface area contributed by atoms with Gasteiger partial charge < -0.3 is 10.1 Å². The number of carbonyl (C=O) groups excluding carboxylic acids is 2. The summed E-state index contributed by atoms with van der Waals surface area (Å²) in [6.07, 6.45) is 0.220. The van der Waals surface area contributed by atoms with Crippen LogP contribution in [0.1, 0.15) is 27.2 Å². The van der Waals surface area contributed by atoms with Crippen LogP contribution in [0.3, 0.4) is 0 Å². The third-order valence-electron chi connectivity index (χ3n) is 2.35. The smallest absolute Gasteiger partial charge is 0.341 e. The number of aryl methyl sites for hydroxylation is 1. The number of esters is 1. The quantitative estimate of drug-likeness (QED) is 0.679. The Morgan fingerprint density at radius 3 is 2.59 bits per heavy atom. The van der Waals surface area contributed by atoms with Crippen molar-refractivity contribution in [2.24, 2.45) is 0 Å². The maximum atomic E-state index is 11.6. The highest BCUT2D eigenvalue weighted by Gasteiger charge is 2.21. The van der Waals surface area contributed by atoms with E-state index in [9.17, 15) is 9.59 Å². The Kier molecular flexibility index (Phi) is 4.96. The molecule has 0 aliphatic rings. The lowest BCUT2D eigenvalue weighted by molar-refractivity contribution is -0.115. The summed E-state index contributed by atoms with van der Waals surface area (Å²) in [5, 5.41) is 3.21. The van der Waals surface area contributed by atoms with Gasteiger partial charge in [0.1, 0.15) is 5.00 Å². The average Bonchev–Trinajstić information content (AvgIpc) is 2.54. The van der Waals surface area contributed by atoms with Crippen LogP contribution in [0.2, 0.25) is 0 Å². The summed E-state index contributed by atoms with van der Waals surface area (Å²) in [6, 6.07) is 0. The highest BCUT2D eigenvalue weighted by Crippen LogP contribution is 2.32. The first-order valence-corrected chi connectivity index (χ1v) is 6.40. The van der Waals surface area contributed by atoms with Crippen LogP contribution >= 0.6 is 22.9 Å². The van der Waals surface area contributed by atoms with Crippen molar-refractivity contribution >= 4 is 39.8 Å². The van der Waals surface area contributed by atoms with Crippen molar-refractivity contribution in [3.63, 3.8) is 0 Å². The van der Waals surface area contributed by atoms with E-state index in [0.29, 0.717) is 10.6 Å². The zero-order chi connectivity index (χ0) is 13.0. The Morgan fingerprint density at radius 2 is 2.06 bits per heavy atom. The summed E-state index contributed by atoms with van der Waals surface area (Å²) in [6.45, 7) is 3.72. The van der Waals surface area contributed by atoms with Crippen molar-refractivity contribution in [1.82, 2.24) is 0 Å². The molecule has 0 saturated carbocycles. The van der Waals surface area contributed by atoms with Crippen LogP contribution < -0.4 is 5.32 Å². The van der Waals surface area contributed by atoms with Gasteiger partial charge in [0.25, 0.3) is 0 Å². The second-order valence-corrected chi connectivity index (χ2v) is 5.07. The molecule has 4 nitrogen and oxygen atoms in total. The van der Waals surface area contributed by atoms with E-state index in [1.807, 2.05) is 13.8 Å². The molecule has 94 valence electrons. The van der Waals surface area contributed by atoms with Crippen LogP contribution in [0.15, 0.2) is 0 Å². The fourth-order valence-electron chi connectivity index (χ4n) is 1.34. The molecular formula is C11H14ClNO3S. The second kappa shape index (κ2) is 6.02. The molecule has 0 unspecified atom stereocenters. The van der Waals surface area contributed by atoms with Gasteiger partial charge in [-0.1, -0.05) is 0 Å². The number of hydrogen-bond donors (Lipinski definition) is 1. The van der Waals surface area contributed by atoms with Gasteiger partial charge in [0.05, 0.1) is 12.7 Å². The number of ether oxygens (including phenoxy) is 1. The summed E-state index contributed by atoms with van der Waals surface area (Å²) in [7, 11) is 1.32. The van der Waals surface area contributed by atoms with Gasteiger partial charge in [-0.05, 0) is 19.4 Å². The number of alkyl halides is 1. The Labute approximate surface area is 109 Å². The van der Waals surface area contributed by atoms with E-state index in [2.05, 4.69) is 5.32 Å². The van der Waals surface area contributed by atoms with Gasteiger partial charge in [-0.15, -0.1) is 22.9 Å². The number of hydrogen-bond acceptors (Lipinski definition) is 4. The van der Waals surface area contributed by atoms with E-state index in [4.69, 9.17) is 16.3 Å². The van der Waals surface area contributed by atoms with Gasteiger partial charge >= 0.3 is 5.97 Å². The molecule has 1 N–H and O–H groups in total. The summed E-state index contributed by atoms with van der Waals surface area (Å²) >= 11 is 6.84. The Morgan fingerprint density at radius 1 is 1.41 bits per heavy atom. The standard InChI is InChI=1S/C11H14ClNO3S/c1-6-7(2)17-10(9(6)11(15)16-3)13-8(14)4-5-12/h4-5H2,1-3H3,(H,13,14). The molecule has 1 aromatic rings. The Balaban J connectivity index is 3.03. The van der Waals surface area contributed by atoms with Crippen LogP contribution in [0.5, 0.6) is 0 Å². The maximum absolute atomic E-state index is 11.6. The van der Waals surface area contributed by atoms with Crippen LogP contribution in [-0.4, -0.2) is 24.9 Å². The summed E-state index contributed by atoms with van der Waals surface area (Å²) in [5.41, 5.74) is 1.26.